The molecule has 0 saturated heterocycles. The summed E-state index contributed by atoms with van der Waals surface area (Å²) < 4.78 is 40.9. The van der Waals surface area contributed by atoms with E-state index in [9.17, 15) is 22.8 Å². The molecule has 0 radical (unpaired) electrons. The second-order valence-electron chi connectivity index (χ2n) is 5.04. The zero-order valence-electron chi connectivity index (χ0n) is 12.3. The van der Waals surface area contributed by atoms with Crippen LogP contribution in [0.3, 0.4) is 0 Å². The Hall–Kier alpha value is -2.22. The molecule has 9 heteroatoms. The Morgan fingerprint density at radius 2 is 2.00 bits per heavy atom. The standard InChI is InChI=1S/C15H14ClF3N2O3/c16-6-13(22)21-12(14(23)24-8-15(17,18)19)5-9-7-20-11-4-2-1-3-10(9)11/h1-4,7,12,20H,5-6,8H2,(H,21,22)/t12-/m0/s1. The van der Waals surface area contributed by atoms with Gasteiger partial charge < -0.3 is 15.0 Å². The van der Waals surface area contributed by atoms with Crippen molar-refractivity contribution in [3.63, 3.8) is 0 Å². The molecule has 130 valence electrons. The van der Waals surface area contributed by atoms with Crippen molar-refractivity contribution >= 4 is 34.4 Å². The van der Waals surface area contributed by atoms with Gasteiger partial charge in [0.15, 0.2) is 6.61 Å². The van der Waals surface area contributed by atoms with E-state index in [0.717, 1.165) is 10.9 Å². The van der Waals surface area contributed by atoms with E-state index in [-0.39, 0.29) is 6.42 Å². The molecule has 0 aliphatic heterocycles. The van der Waals surface area contributed by atoms with Crippen molar-refractivity contribution in [2.75, 3.05) is 12.5 Å². The van der Waals surface area contributed by atoms with Crippen LogP contribution in [0.5, 0.6) is 0 Å². The number of hydrogen-bond donors (Lipinski definition) is 2. The van der Waals surface area contributed by atoms with Gasteiger partial charge in [-0.25, -0.2) is 4.79 Å². The molecule has 0 unspecified atom stereocenters. The first-order valence-corrected chi connectivity index (χ1v) is 7.47. The van der Waals surface area contributed by atoms with E-state index in [1.807, 2.05) is 12.1 Å². The molecular weight excluding hydrogens is 349 g/mol. The number of halogens is 4. The van der Waals surface area contributed by atoms with Crippen molar-refractivity contribution in [1.82, 2.24) is 10.3 Å². The highest BCUT2D eigenvalue weighted by molar-refractivity contribution is 6.27. The predicted molar refractivity (Wildman–Crippen MR) is 81.7 cm³/mol. The highest BCUT2D eigenvalue weighted by Gasteiger charge is 2.32. The topological polar surface area (TPSA) is 71.2 Å². The van der Waals surface area contributed by atoms with Gasteiger partial charge in [-0.15, -0.1) is 11.6 Å². The second-order valence-corrected chi connectivity index (χ2v) is 5.31. The maximum atomic E-state index is 12.2. The van der Waals surface area contributed by atoms with Gasteiger partial charge >= 0.3 is 12.1 Å². The van der Waals surface area contributed by atoms with Gasteiger partial charge in [0, 0.05) is 23.5 Å². The van der Waals surface area contributed by atoms with E-state index in [1.165, 1.54) is 0 Å². The van der Waals surface area contributed by atoms with Gasteiger partial charge in [-0.05, 0) is 11.6 Å². The summed E-state index contributed by atoms with van der Waals surface area (Å²) in [6, 6.07) is 5.94. The zero-order valence-corrected chi connectivity index (χ0v) is 13.1. The largest absolute Gasteiger partial charge is 0.454 e. The van der Waals surface area contributed by atoms with Crippen molar-refractivity contribution in [3.8, 4) is 0 Å². The molecular formula is C15H14ClF3N2O3. The third-order valence-corrected chi connectivity index (χ3v) is 3.46. The molecule has 5 nitrogen and oxygen atoms in total. The molecule has 2 aromatic rings. The van der Waals surface area contributed by atoms with E-state index in [1.54, 1.807) is 18.3 Å². The number of carbonyl (C=O) groups is 2. The van der Waals surface area contributed by atoms with E-state index in [4.69, 9.17) is 11.6 Å². The zero-order chi connectivity index (χ0) is 17.7. The summed E-state index contributed by atoms with van der Waals surface area (Å²) in [5, 5.41) is 3.08. The summed E-state index contributed by atoms with van der Waals surface area (Å²) >= 11 is 5.38. The molecule has 0 aliphatic rings. The van der Waals surface area contributed by atoms with Gasteiger partial charge in [-0.3, -0.25) is 4.79 Å². The van der Waals surface area contributed by atoms with Crippen molar-refractivity contribution in [2.45, 2.75) is 18.6 Å². The number of rotatable bonds is 6. The Labute approximate surface area is 140 Å². The number of amides is 1. The van der Waals surface area contributed by atoms with E-state index >= 15 is 0 Å². The normalized spacial score (nSPS) is 12.8. The maximum absolute atomic E-state index is 12.2. The Morgan fingerprint density at radius 1 is 1.29 bits per heavy atom. The van der Waals surface area contributed by atoms with Crippen LogP contribution in [0.2, 0.25) is 0 Å². The average molecular weight is 363 g/mol. The molecule has 1 aromatic heterocycles. The Balaban J connectivity index is 2.16. The van der Waals surface area contributed by atoms with Crippen molar-refractivity contribution < 1.29 is 27.5 Å². The summed E-state index contributed by atoms with van der Waals surface area (Å²) in [5.41, 5.74) is 1.47. The number of hydrogen-bond acceptors (Lipinski definition) is 3. The highest BCUT2D eigenvalue weighted by Crippen LogP contribution is 2.20. The lowest BCUT2D eigenvalue weighted by atomic mass is 10.0. The fourth-order valence-electron chi connectivity index (χ4n) is 2.20. The fraction of sp³-hybridized carbons (Fsp3) is 0.333. The summed E-state index contributed by atoms with van der Waals surface area (Å²) in [5.74, 6) is -2.27. The quantitative estimate of drug-likeness (QED) is 0.613. The van der Waals surface area contributed by atoms with Gasteiger partial charge in [-0.2, -0.15) is 13.2 Å². The van der Waals surface area contributed by atoms with Crippen LogP contribution in [0, 0.1) is 0 Å². The molecule has 0 spiro atoms. The summed E-state index contributed by atoms with van der Waals surface area (Å²) in [4.78, 5) is 26.3. The lowest BCUT2D eigenvalue weighted by molar-refractivity contribution is -0.187. The Kier molecular flexibility index (Phi) is 5.71. The Bertz CT molecular complexity index is 730. The number of alkyl halides is 4. The number of fused-ring (bicyclic) bond motifs is 1. The van der Waals surface area contributed by atoms with Crippen molar-refractivity contribution in [3.05, 3.63) is 36.0 Å². The minimum atomic E-state index is -4.64. The number of carbonyl (C=O) groups excluding carboxylic acids is 2. The molecule has 1 heterocycles. The third-order valence-electron chi connectivity index (χ3n) is 3.22. The van der Waals surface area contributed by atoms with Crippen LogP contribution in [0.4, 0.5) is 13.2 Å². The van der Waals surface area contributed by atoms with Crippen LogP contribution in [0.1, 0.15) is 5.56 Å². The molecule has 1 aromatic carbocycles. The van der Waals surface area contributed by atoms with Crippen LogP contribution < -0.4 is 5.32 Å². The van der Waals surface area contributed by atoms with E-state index < -0.39 is 36.6 Å². The highest BCUT2D eigenvalue weighted by atomic mass is 35.5. The molecule has 2 N–H and O–H groups in total. The third kappa shape index (κ3) is 4.89. The first kappa shape index (κ1) is 18.1. The molecule has 1 atom stereocenters. The molecule has 0 saturated carbocycles. The van der Waals surface area contributed by atoms with Crippen LogP contribution in [-0.4, -0.2) is 41.6 Å². The van der Waals surface area contributed by atoms with Gasteiger partial charge in [-0.1, -0.05) is 18.2 Å². The minimum Gasteiger partial charge on any atom is -0.454 e. The molecule has 24 heavy (non-hydrogen) atoms. The Morgan fingerprint density at radius 3 is 2.67 bits per heavy atom. The van der Waals surface area contributed by atoms with Gasteiger partial charge in [0.25, 0.3) is 0 Å². The van der Waals surface area contributed by atoms with Crippen LogP contribution in [-0.2, 0) is 20.7 Å². The predicted octanol–water partition coefficient (Wildman–Crippen LogP) is 2.54. The number of para-hydroxylation sites is 1. The number of esters is 1. The molecule has 0 fully saturated rings. The lowest BCUT2D eigenvalue weighted by Crippen LogP contribution is -2.44. The number of H-pyrrole nitrogens is 1. The fourth-order valence-corrected chi connectivity index (χ4v) is 2.28. The number of nitrogens with one attached hydrogen (secondary N) is 2. The maximum Gasteiger partial charge on any atom is 0.422 e. The monoisotopic (exact) mass is 362 g/mol. The van der Waals surface area contributed by atoms with Gasteiger partial charge in [0.1, 0.15) is 11.9 Å². The molecule has 0 bridgehead atoms. The molecule has 0 aliphatic carbocycles. The van der Waals surface area contributed by atoms with E-state index in [0.29, 0.717) is 5.56 Å². The molecule has 2 rings (SSSR count). The number of ether oxygens (including phenoxy) is 1. The number of aromatic nitrogens is 1. The van der Waals surface area contributed by atoms with Crippen molar-refractivity contribution in [2.24, 2.45) is 0 Å². The summed E-state index contributed by atoms with van der Waals surface area (Å²) in [6.45, 7) is -1.72. The first-order valence-electron chi connectivity index (χ1n) is 6.94. The van der Waals surface area contributed by atoms with Crippen LogP contribution in [0.25, 0.3) is 10.9 Å². The SMILES string of the molecule is O=C(CCl)N[C@@H](Cc1c[nH]c2ccccc12)C(=O)OCC(F)(F)F. The van der Waals surface area contributed by atoms with Gasteiger partial charge in [0.05, 0.1) is 0 Å². The lowest BCUT2D eigenvalue weighted by Gasteiger charge is -2.17. The smallest absolute Gasteiger partial charge is 0.422 e. The van der Waals surface area contributed by atoms with Crippen molar-refractivity contribution in [1.29, 1.82) is 0 Å². The van der Waals surface area contributed by atoms with Crippen LogP contribution in [0.15, 0.2) is 30.5 Å². The number of benzene rings is 1. The minimum absolute atomic E-state index is 0.0245. The van der Waals surface area contributed by atoms with Crippen LogP contribution >= 0.6 is 11.6 Å². The molecule has 1 amide bonds. The first-order chi connectivity index (χ1) is 11.3. The van der Waals surface area contributed by atoms with Gasteiger partial charge in [0.2, 0.25) is 5.91 Å². The average Bonchev–Trinajstić information content (AvgIpc) is 2.94. The summed E-state index contributed by atoms with van der Waals surface area (Å²) in [7, 11) is 0. The second kappa shape index (κ2) is 7.57. The van der Waals surface area contributed by atoms with E-state index in [2.05, 4.69) is 15.0 Å². The summed E-state index contributed by atoms with van der Waals surface area (Å²) in [6.07, 6.45) is -3.04. The number of aromatic amines is 1.